The Hall–Kier alpha value is -16.4. The van der Waals surface area contributed by atoms with Gasteiger partial charge in [0.2, 0.25) is 0 Å². The van der Waals surface area contributed by atoms with Crippen LogP contribution in [0, 0.1) is 142 Å². The number of nitriles is 6. The zero-order valence-electron chi connectivity index (χ0n) is 68.5. The molecule has 46 heteroatoms. The highest BCUT2D eigenvalue weighted by molar-refractivity contribution is 8.46. The van der Waals surface area contributed by atoms with Crippen molar-refractivity contribution in [1.82, 2.24) is 0 Å². The molecule has 0 spiro atoms. The van der Waals surface area contributed by atoms with E-state index in [1.165, 1.54) is 36.4 Å². The molecule has 704 valence electrons. The highest BCUT2D eigenvalue weighted by Crippen LogP contribution is 3.04. The first kappa shape index (κ1) is 101. The number of ether oxygens (including phenoxy) is 2. The lowest BCUT2D eigenvalue weighted by atomic mass is 9.95. The lowest BCUT2D eigenvalue weighted by Gasteiger charge is -2.45. The molecule has 14 nitrogen and oxygen atoms in total. The molecule has 0 saturated carbocycles. The molecule has 0 aliphatic heterocycles. The van der Waals surface area contributed by atoms with Gasteiger partial charge in [-0.1, -0.05) is 112 Å². The summed E-state index contributed by atoms with van der Waals surface area (Å²) < 4.78 is 416. The van der Waals surface area contributed by atoms with Gasteiger partial charge >= 0.3 is 61.7 Å². The van der Waals surface area contributed by atoms with E-state index in [2.05, 4.69) is 38.5 Å². The Morgan fingerprint density at radius 3 is 0.679 bits per heavy atom. The Labute approximate surface area is 776 Å². The zero-order valence-corrected chi connectivity index (χ0v) is 71.8. The third-order valence-electron chi connectivity index (χ3n) is 21.7. The quantitative estimate of drug-likeness (QED) is 0.0493. The molecule has 0 N–H and O–H groups in total. The number of hydrogen-bond donors (Lipinski definition) is 0. The summed E-state index contributed by atoms with van der Waals surface area (Å²) in [5, 5.41) is 51.8. The molecular weight excluding hydrogens is 1990 g/mol. The lowest BCUT2D eigenvalue weighted by molar-refractivity contribution is -0.277. The second kappa shape index (κ2) is 35.0. The van der Waals surface area contributed by atoms with Gasteiger partial charge in [-0.2, -0.15) is 87.0 Å². The van der Waals surface area contributed by atoms with Crippen LogP contribution in [-0.2, 0) is 38.5 Å². The first-order valence-electron chi connectivity index (χ1n) is 38.2. The molecule has 6 aliphatic carbocycles. The van der Waals surface area contributed by atoms with Gasteiger partial charge in [-0.05, 0) is 215 Å². The van der Waals surface area contributed by atoms with Gasteiger partial charge in [0.1, 0.15) is 149 Å². The molecule has 0 amide bonds. The minimum Gasteiger partial charge on any atom is -0.405 e. The molecule has 0 unspecified atom stereocenters. The van der Waals surface area contributed by atoms with Crippen LogP contribution in [0.3, 0.4) is 0 Å². The second-order valence-electron chi connectivity index (χ2n) is 29.9. The molecule has 9 aromatic carbocycles. The van der Waals surface area contributed by atoms with Crippen molar-refractivity contribution in [3.8, 4) is 47.9 Å². The van der Waals surface area contributed by atoms with Gasteiger partial charge in [0, 0.05) is 77.9 Å². The maximum atomic E-state index is 15.3. The number of nitrogens with zero attached hydrogens (tertiary/aromatic N) is 12. The van der Waals surface area contributed by atoms with E-state index in [1.54, 1.807) is 24.3 Å². The van der Waals surface area contributed by atoms with Crippen molar-refractivity contribution >= 4 is 77.4 Å². The van der Waals surface area contributed by atoms with Crippen LogP contribution in [0.15, 0.2) is 233 Å². The van der Waals surface area contributed by atoms with Gasteiger partial charge < -0.3 is 9.47 Å². The molecule has 15 rings (SSSR count). The molecule has 9 aromatic rings. The van der Waals surface area contributed by atoms with Gasteiger partial charge in [-0.15, -0.1) is 26.3 Å². The molecule has 0 heterocycles. The molecule has 140 heavy (non-hydrogen) atoms. The van der Waals surface area contributed by atoms with Crippen LogP contribution >= 0.6 is 44.0 Å². The Bertz CT molecular complexity index is 7380. The summed E-state index contributed by atoms with van der Waals surface area (Å²) >= 11 is -1.25. The number of fused-ring (bicyclic) bond motifs is 6. The number of rotatable bonds is 12. The average molecular weight is 2030 g/mol. The fourth-order valence-corrected chi connectivity index (χ4v) is 21.3. The summed E-state index contributed by atoms with van der Waals surface area (Å²) in [5.74, 6) is -9.70. The van der Waals surface area contributed by atoms with Crippen LogP contribution in [0.1, 0.15) is 66.8 Å². The van der Waals surface area contributed by atoms with Gasteiger partial charge in [0.15, 0.2) is 0 Å². The van der Waals surface area contributed by atoms with Crippen molar-refractivity contribution in [3.63, 3.8) is 0 Å². The van der Waals surface area contributed by atoms with Gasteiger partial charge in [-0.25, -0.2) is 26.3 Å². The fraction of sp³-hybridized carbons (Fsp3) is 0.106. The van der Waals surface area contributed by atoms with E-state index in [-0.39, 0.29) is 88.4 Å². The van der Waals surface area contributed by atoms with E-state index >= 15 is 38.9 Å². The molecule has 0 fully saturated rings. The molecule has 0 atom stereocenters. The summed E-state index contributed by atoms with van der Waals surface area (Å²) in [6, 6.07) is 30.4. The number of benzene rings is 9. The van der Waals surface area contributed by atoms with E-state index in [0.717, 1.165) is 72.8 Å². The smallest absolute Gasteiger partial charge is 0.405 e. The Kier molecular flexibility index (Phi) is 25.2. The predicted octanol–water partition coefficient (Wildman–Crippen LogP) is 24.9. The van der Waals surface area contributed by atoms with Gasteiger partial charge in [0.25, 0.3) is 0 Å². The van der Waals surface area contributed by atoms with Crippen LogP contribution in [0.5, 0.6) is 11.5 Å². The first-order chi connectivity index (χ1) is 65.1. The van der Waals surface area contributed by atoms with Gasteiger partial charge in [-0.3, -0.25) is 0 Å². The second-order valence-corrected chi connectivity index (χ2v) is 36.7. The average Bonchev–Trinajstić information content (AvgIpc) is 1.40. The third kappa shape index (κ3) is 19.7. The van der Waals surface area contributed by atoms with Crippen LogP contribution in [0.4, 0.5) is 118 Å². The molecule has 6 aliphatic rings. The SMILES string of the molecule is [C-]#[N+]C([N+]#[C-])=C1Cc2c(OC(F)(F)F)c3c(c(OC(F)(F)F)c2=C1c1ccc(F)cc1)CC(=C(C#N)C#N)C=3c1ccc(F)cc1.[C-]#[N+]C([N+]#[C-])=C1Cc2c(S(F)(F)(F)(F)F)c3c(c(S(F)(F)(F)(F)F)c2=C1c1ccc(F)cc1)CC(=C(C#N)C#N)C=3c1ccc(F)cc1.[C-]#[N+]C([N+]#[C-])=C1Cc2c(SC(F)(F)F)c3c(c(SC(F)(F)F)c2=C1c1ccc(F)cc1)CC(=C(C#N)C#N)C=3c1ccc(F)cc1. The maximum Gasteiger partial charge on any atom is 0.573 e. The minimum atomic E-state index is -11.4. The number of alkyl halides is 12. The van der Waals surface area contributed by atoms with Crippen LogP contribution < -0.4 is 40.8 Å². The van der Waals surface area contributed by atoms with E-state index in [1.807, 2.05) is 0 Å². The molecule has 0 aromatic heterocycles. The highest BCUT2D eigenvalue weighted by Gasteiger charge is 2.73. The summed E-state index contributed by atoms with van der Waals surface area (Å²) in [5.41, 5.74) is -26.2. The Morgan fingerprint density at radius 2 is 0.457 bits per heavy atom. The largest absolute Gasteiger partial charge is 0.573 e. The van der Waals surface area contributed by atoms with Crippen LogP contribution in [0.2, 0.25) is 0 Å². The van der Waals surface area contributed by atoms with E-state index in [4.69, 9.17) is 39.4 Å². The topological polar surface area (TPSA) is 187 Å². The maximum absolute atomic E-state index is 15.3. The van der Waals surface area contributed by atoms with E-state index in [9.17, 15) is 111 Å². The van der Waals surface area contributed by atoms with Crippen molar-refractivity contribution in [2.75, 3.05) is 0 Å². The lowest BCUT2D eigenvalue weighted by Crippen LogP contribution is -2.34. The summed E-state index contributed by atoms with van der Waals surface area (Å²) in [6.45, 7) is 44.6. The fourth-order valence-electron chi connectivity index (χ4n) is 17.1. The number of thioether (sulfide) groups is 2. The first-order valence-corrected chi connectivity index (χ1v) is 43.7. The minimum absolute atomic E-state index is 0.0459. The van der Waals surface area contributed by atoms with Crippen molar-refractivity contribution in [2.24, 2.45) is 0 Å². The van der Waals surface area contributed by atoms with Crippen LogP contribution in [-0.4, -0.2) is 23.7 Å². The van der Waals surface area contributed by atoms with E-state index < -0.39 is 283 Å². The summed E-state index contributed by atoms with van der Waals surface area (Å²) in [7, 11) is -22.7. The molecule has 0 saturated heterocycles. The number of hydrogen-bond acceptors (Lipinski definition) is 10. The highest BCUT2D eigenvalue weighted by atomic mass is 32.5. The number of allylic oxidation sites excluding steroid dienone is 9. The van der Waals surface area contributed by atoms with Crippen molar-refractivity contribution in [3.05, 3.63) is 415 Å². The van der Waals surface area contributed by atoms with Gasteiger partial charge in [0.05, 0.1) is 16.7 Å². The summed E-state index contributed by atoms with van der Waals surface area (Å²) in [6.07, 6.45) is -16.9. The molecule has 0 bridgehead atoms. The summed E-state index contributed by atoms with van der Waals surface area (Å²) in [4.78, 5) is 10.8. The Morgan fingerprint density at radius 1 is 0.271 bits per heavy atom. The zero-order chi connectivity index (χ0) is 103. The van der Waals surface area contributed by atoms with Crippen molar-refractivity contribution in [1.29, 1.82) is 31.6 Å². The monoisotopic (exact) mass is 2020 g/mol. The standard InChI is InChI=1S/C32H12F8N4O2.C32H12F8N4S2.C30H12F12N4S2/c2*1-43-30(44-2)23-12-22-27(25(23)16-5-9-19(34)10-6-16)28(45-31(35,36)37)21-11-20(17(13-41)14-42)24(15-3-7-18(33)8-4-15)26(21)29(22)46-32(38,39)40;1-45-30(46-2)23-12-22-27(25(23)16-5-9-19(32)10-6-16)28(47(33,34,35,36)37)21-11-20(17(13-43)14-44)24(15-3-7-18(31)8-4-15)26(21)29(22)48(38,39,40,41)42/h2*3-10H,11-12H2;3-10H,11-12H2. The third-order valence-corrected chi connectivity index (χ3v) is 25.9. The van der Waals surface area contributed by atoms with E-state index in [0.29, 0.717) is 48.5 Å². The number of halogens is 28. The van der Waals surface area contributed by atoms with Crippen molar-refractivity contribution < 1.29 is 127 Å². The normalized spacial score (nSPS) is 14.9. The van der Waals surface area contributed by atoms with Crippen LogP contribution in [0.25, 0.3) is 62.5 Å². The molecule has 0 radical (unpaired) electrons. The predicted molar refractivity (Wildman–Crippen MR) is 448 cm³/mol. The molecular formula is C94H36F28N12O2S4. The van der Waals surface area contributed by atoms with Crippen molar-refractivity contribution in [2.45, 2.75) is 81.8 Å². The Balaban J connectivity index is 0.000000177.